The van der Waals surface area contributed by atoms with Crippen molar-refractivity contribution in [2.45, 2.75) is 6.61 Å². The van der Waals surface area contributed by atoms with Gasteiger partial charge in [0, 0.05) is 11.6 Å². The molecular formula is C8H8Br2O2. The van der Waals surface area contributed by atoms with Gasteiger partial charge in [-0.2, -0.15) is 0 Å². The topological polar surface area (TPSA) is 29.5 Å². The summed E-state index contributed by atoms with van der Waals surface area (Å²) in [7, 11) is 1.63. The molecule has 0 radical (unpaired) electrons. The van der Waals surface area contributed by atoms with Crippen LogP contribution in [0.15, 0.2) is 21.1 Å². The SMILES string of the molecule is COCc1cc(Br)c(O)cc1Br. The average molecular weight is 296 g/mol. The molecule has 0 aliphatic heterocycles. The number of benzene rings is 1. The van der Waals surface area contributed by atoms with Gasteiger partial charge in [0.15, 0.2) is 0 Å². The first-order valence-corrected chi connectivity index (χ1v) is 4.89. The van der Waals surface area contributed by atoms with E-state index in [2.05, 4.69) is 31.9 Å². The number of hydrogen-bond donors (Lipinski definition) is 1. The Hall–Kier alpha value is -0.0600. The highest BCUT2D eigenvalue weighted by Crippen LogP contribution is 2.30. The van der Waals surface area contributed by atoms with E-state index in [1.165, 1.54) is 0 Å². The highest BCUT2D eigenvalue weighted by molar-refractivity contribution is 9.11. The summed E-state index contributed by atoms with van der Waals surface area (Å²) in [5, 5.41) is 9.28. The fourth-order valence-electron chi connectivity index (χ4n) is 0.844. The molecule has 0 heterocycles. The Labute approximate surface area is 87.8 Å². The molecule has 2 nitrogen and oxygen atoms in total. The van der Waals surface area contributed by atoms with Crippen molar-refractivity contribution < 1.29 is 9.84 Å². The van der Waals surface area contributed by atoms with Gasteiger partial charge in [-0.3, -0.25) is 0 Å². The molecule has 0 aliphatic rings. The molecule has 1 aromatic carbocycles. The normalized spacial score (nSPS) is 10.2. The predicted octanol–water partition coefficient (Wildman–Crippen LogP) is 3.06. The molecule has 0 saturated heterocycles. The highest BCUT2D eigenvalue weighted by Gasteiger charge is 2.04. The molecule has 0 aliphatic carbocycles. The van der Waals surface area contributed by atoms with E-state index in [-0.39, 0.29) is 5.75 Å². The van der Waals surface area contributed by atoms with Gasteiger partial charge < -0.3 is 9.84 Å². The third-order valence-corrected chi connectivity index (χ3v) is 2.79. The van der Waals surface area contributed by atoms with Crippen molar-refractivity contribution in [1.82, 2.24) is 0 Å². The number of ether oxygens (including phenoxy) is 1. The number of halogens is 2. The minimum Gasteiger partial charge on any atom is -0.507 e. The van der Waals surface area contributed by atoms with Crippen LogP contribution >= 0.6 is 31.9 Å². The highest BCUT2D eigenvalue weighted by atomic mass is 79.9. The second-order valence-electron chi connectivity index (χ2n) is 2.33. The van der Waals surface area contributed by atoms with E-state index in [1.54, 1.807) is 13.2 Å². The van der Waals surface area contributed by atoms with Crippen LogP contribution in [0.1, 0.15) is 5.56 Å². The van der Waals surface area contributed by atoms with Crippen LogP contribution in [0.4, 0.5) is 0 Å². The molecule has 12 heavy (non-hydrogen) atoms. The Bertz CT molecular complexity index is 287. The number of aromatic hydroxyl groups is 1. The van der Waals surface area contributed by atoms with Gasteiger partial charge in [-0.1, -0.05) is 15.9 Å². The van der Waals surface area contributed by atoms with Crippen molar-refractivity contribution >= 4 is 31.9 Å². The number of rotatable bonds is 2. The third-order valence-electron chi connectivity index (χ3n) is 1.42. The smallest absolute Gasteiger partial charge is 0.130 e. The van der Waals surface area contributed by atoms with E-state index >= 15 is 0 Å². The zero-order chi connectivity index (χ0) is 9.14. The van der Waals surface area contributed by atoms with Gasteiger partial charge in [0.2, 0.25) is 0 Å². The average Bonchev–Trinajstić information content (AvgIpc) is 2.01. The molecule has 0 spiro atoms. The van der Waals surface area contributed by atoms with Gasteiger partial charge >= 0.3 is 0 Å². The summed E-state index contributed by atoms with van der Waals surface area (Å²) in [6.45, 7) is 0.527. The van der Waals surface area contributed by atoms with Crippen molar-refractivity contribution in [3.63, 3.8) is 0 Å². The van der Waals surface area contributed by atoms with Crippen molar-refractivity contribution in [2.24, 2.45) is 0 Å². The van der Waals surface area contributed by atoms with E-state index in [9.17, 15) is 5.11 Å². The van der Waals surface area contributed by atoms with Crippen LogP contribution in [0.2, 0.25) is 0 Å². The number of methoxy groups -OCH3 is 1. The summed E-state index contributed by atoms with van der Waals surface area (Å²) in [6.07, 6.45) is 0. The van der Waals surface area contributed by atoms with Crippen molar-refractivity contribution in [3.8, 4) is 5.75 Å². The molecule has 0 aromatic heterocycles. The Kier molecular flexibility index (Phi) is 3.55. The molecule has 1 aromatic rings. The van der Waals surface area contributed by atoms with Crippen LogP contribution in [0.25, 0.3) is 0 Å². The van der Waals surface area contributed by atoms with Crippen LogP contribution in [-0.2, 0) is 11.3 Å². The fourth-order valence-corrected chi connectivity index (χ4v) is 1.68. The van der Waals surface area contributed by atoms with Crippen molar-refractivity contribution in [1.29, 1.82) is 0 Å². The molecule has 0 fully saturated rings. The lowest BCUT2D eigenvalue weighted by atomic mass is 10.2. The van der Waals surface area contributed by atoms with Gasteiger partial charge in [-0.05, 0) is 33.6 Å². The first-order chi connectivity index (χ1) is 5.65. The summed E-state index contributed by atoms with van der Waals surface area (Å²) in [6, 6.07) is 3.46. The fraction of sp³-hybridized carbons (Fsp3) is 0.250. The van der Waals surface area contributed by atoms with Crippen LogP contribution in [-0.4, -0.2) is 12.2 Å². The van der Waals surface area contributed by atoms with Crippen LogP contribution in [0.5, 0.6) is 5.75 Å². The van der Waals surface area contributed by atoms with Crippen LogP contribution in [0, 0.1) is 0 Å². The third kappa shape index (κ3) is 2.21. The van der Waals surface area contributed by atoms with E-state index in [4.69, 9.17) is 4.74 Å². The summed E-state index contributed by atoms with van der Waals surface area (Å²) in [4.78, 5) is 0. The Morgan fingerprint density at radius 1 is 1.33 bits per heavy atom. The maximum atomic E-state index is 9.28. The lowest BCUT2D eigenvalue weighted by Gasteiger charge is -2.05. The van der Waals surface area contributed by atoms with Gasteiger partial charge in [-0.25, -0.2) is 0 Å². The molecule has 66 valence electrons. The second-order valence-corrected chi connectivity index (χ2v) is 4.04. The molecule has 0 amide bonds. The van der Waals surface area contributed by atoms with Gasteiger partial charge in [0.05, 0.1) is 11.1 Å². The largest absolute Gasteiger partial charge is 0.507 e. The maximum absolute atomic E-state index is 9.28. The van der Waals surface area contributed by atoms with E-state index in [0.29, 0.717) is 11.1 Å². The van der Waals surface area contributed by atoms with Gasteiger partial charge in [0.25, 0.3) is 0 Å². The Balaban J connectivity index is 3.05. The van der Waals surface area contributed by atoms with Crippen molar-refractivity contribution in [2.75, 3.05) is 7.11 Å². The number of phenolic OH excluding ortho intramolecular Hbond substituents is 1. The summed E-state index contributed by atoms with van der Waals surface area (Å²) < 4.78 is 6.50. The van der Waals surface area contributed by atoms with Crippen LogP contribution in [0.3, 0.4) is 0 Å². The maximum Gasteiger partial charge on any atom is 0.130 e. The molecular weight excluding hydrogens is 288 g/mol. The van der Waals surface area contributed by atoms with E-state index < -0.39 is 0 Å². The monoisotopic (exact) mass is 294 g/mol. The summed E-state index contributed by atoms with van der Waals surface area (Å²) >= 11 is 6.55. The number of hydrogen-bond acceptors (Lipinski definition) is 2. The molecule has 4 heteroatoms. The van der Waals surface area contributed by atoms with Crippen LogP contribution < -0.4 is 0 Å². The molecule has 0 unspecified atom stereocenters. The minimum absolute atomic E-state index is 0.224. The quantitative estimate of drug-likeness (QED) is 0.909. The first-order valence-electron chi connectivity index (χ1n) is 3.31. The standard InChI is InChI=1S/C8H8Br2O2/c1-12-4-5-2-7(10)8(11)3-6(5)9/h2-3,11H,4H2,1H3. The first kappa shape index (κ1) is 10.0. The van der Waals surface area contributed by atoms with Gasteiger partial charge in [-0.15, -0.1) is 0 Å². The van der Waals surface area contributed by atoms with Crippen molar-refractivity contribution in [3.05, 3.63) is 26.6 Å². The zero-order valence-electron chi connectivity index (χ0n) is 6.47. The molecule has 1 N–H and O–H groups in total. The molecule has 1 rings (SSSR count). The Morgan fingerprint density at radius 2 is 2.00 bits per heavy atom. The second kappa shape index (κ2) is 4.25. The summed E-state index contributed by atoms with van der Waals surface area (Å²) in [5.74, 6) is 0.224. The summed E-state index contributed by atoms with van der Waals surface area (Å²) in [5.41, 5.74) is 1.00. The van der Waals surface area contributed by atoms with Gasteiger partial charge in [0.1, 0.15) is 5.75 Å². The van der Waals surface area contributed by atoms with E-state index in [0.717, 1.165) is 10.0 Å². The Morgan fingerprint density at radius 3 is 2.58 bits per heavy atom. The number of phenols is 1. The van der Waals surface area contributed by atoms with E-state index in [1.807, 2.05) is 6.07 Å². The lowest BCUT2D eigenvalue weighted by molar-refractivity contribution is 0.184. The minimum atomic E-state index is 0.224. The predicted molar refractivity (Wildman–Crippen MR) is 54.2 cm³/mol. The molecule has 0 atom stereocenters. The zero-order valence-corrected chi connectivity index (χ0v) is 9.65. The molecule has 0 saturated carbocycles. The molecule has 0 bridgehead atoms. The lowest BCUT2D eigenvalue weighted by Crippen LogP contribution is -1.89.